The second-order valence-electron chi connectivity index (χ2n) is 8.43. The summed E-state index contributed by atoms with van der Waals surface area (Å²) in [6.07, 6.45) is 0.592. The zero-order valence-corrected chi connectivity index (χ0v) is 17.7. The molecule has 8 heteroatoms. The zero-order chi connectivity index (χ0) is 22.7. The summed E-state index contributed by atoms with van der Waals surface area (Å²) in [7, 11) is 0. The van der Waals surface area contributed by atoms with Gasteiger partial charge in [-0.05, 0) is 74.2 Å². The fraction of sp³-hybridized carbons (Fsp3) is 0.458. The number of likely N-dealkylation sites (tertiary alicyclic amines) is 2. The van der Waals surface area contributed by atoms with Gasteiger partial charge in [-0.3, -0.25) is 4.79 Å². The summed E-state index contributed by atoms with van der Waals surface area (Å²) in [6.45, 7) is 3.50. The predicted molar refractivity (Wildman–Crippen MR) is 113 cm³/mol. The molecule has 0 N–H and O–H groups in total. The van der Waals surface area contributed by atoms with Crippen LogP contribution >= 0.6 is 0 Å². The van der Waals surface area contributed by atoms with Gasteiger partial charge in [-0.2, -0.15) is 0 Å². The Labute approximate surface area is 184 Å². The van der Waals surface area contributed by atoms with E-state index in [1.807, 2.05) is 0 Å². The molecule has 172 valence electrons. The summed E-state index contributed by atoms with van der Waals surface area (Å²) in [6, 6.07) is 9.59. The van der Waals surface area contributed by atoms with E-state index in [2.05, 4.69) is 9.64 Å². The third-order valence-corrected chi connectivity index (χ3v) is 6.16. The van der Waals surface area contributed by atoms with Crippen molar-refractivity contribution in [2.24, 2.45) is 0 Å². The zero-order valence-electron chi connectivity index (χ0n) is 17.7. The molecule has 1 amide bonds. The van der Waals surface area contributed by atoms with Gasteiger partial charge in [-0.25, -0.2) is 4.39 Å². The largest absolute Gasteiger partial charge is 0.573 e. The Balaban J connectivity index is 1.49. The maximum atomic E-state index is 14.9. The van der Waals surface area contributed by atoms with E-state index in [9.17, 15) is 22.4 Å². The average Bonchev–Trinajstić information content (AvgIpc) is 3.21. The molecule has 2 fully saturated rings. The molecule has 2 aromatic rings. The van der Waals surface area contributed by atoms with Gasteiger partial charge in [0.1, 0.15) is 11.6 Å². The summed E-state index contributed by atoms with van der Waals surface area (Å²) in [5.41, 5.74) is 0.730. The first-order valence-electron chi connectivity index (χ1n) is 11.0. The third-order valence-electron chi connectivity index (χ3n) is 6.16. The van der Waals surface area contributed by atoms with Crippen LogP contribution in [0.1, 0.15) is 42.5 Å². The average molecular weight is 450 g/mol. The molecule has 0 aromatic heterocycles. The van der Waals surface area contributed by atoms with E-state index in [0.29, 0.717) is 17.7 Å². The van der Waals surface area contributed by atoms with Crippen LogP contribution in [0.3, 0.4) is 0 Å². The van der Waals surface area contributed by atoms with Crippen molar-refractivity contribution in [3.63, 3.8) is 0 Å². The van der Waals surface area contributed by atoms with Crippen LogP contribution in [-0.4, -0.2) is 54.3 Å². The van der Waals surface area contributed by atoms with Crippen molar-refractivity contribution in [2.45, 2.75) is 44.5 Å². The van der Waals surface area contributed by atoms with Crippen LogP contribution < -0.4 is 4.74 Å². The minimum Gasteiger partial charge on any atom is -0.406 e. The predicted octanol–water partition coefficient (Wildman–Crippen LogP) is 5.48. The smallest absolute Gasteiger partial charge is 0.406 e. The fourth-order valence-corrected chi connectivity index (χ4v) is 4.63. The molecule has 1 atom stereocenters. The Hall–Kier alpha value is -2.61. The molecular weight excluding hydrogens is 424 g/mol. The summed E-state index contributed by atoms with van der Waals surface area (Å²) >= 11 is 0. The fourth-order valence-electron chi connectivity index (χ4n) is 4.63. The summed E-state index contributed by atoms with van der Waals surface area (Å²) in [4.78, 5) is 17.3. The van der Waals surface area contributed by atoms with Gasteiger partial charge >= 0.3 is 6.36 Å². The monoisotopic (exact) mass is 450 g/mol. The van der Waals surface area contributed by atoms with Crippen LogP contribution in [0.15, 0.2) is 42.5 Å². The lowest BCUT2D eigenvalue weighted by Crippen LogP contribution is -2.44. The quantitative estimate of drug-likeness (QED) is 0.566. The standard InChI is InChI=1S/C24H26F4N2O2/c25-22-15-18(17-6-4-8-20(14-17)32-24(26,27)28)9-10-21(22)23(31)30-13-5-7-19(30)16-29-11-2-1-3-12-29/h4,6,8-10,14-15,19H,1-3,5,7,11-13,16H2. The molecule has 4 rings (SSSR count). The summed E-state index contributed by atoms with van der Waals surface area (Å²) in [5.74, 6) is -1.39. The lowest BCUT2D eigenvalue weighted by Gasteiger charge is -2.33. The van der Waals surface area contributed by atoms with Crippen LogP contribution in [0, 0.1) is 5.82 Å². The van der Waals surface area contributed by atoms with Crippen molar-refractivity contribution in [1.29, 1.82) is 0 Å². The molecule has 1 unspecified atom stereocenters. The molecular formula is C24H26F4N2O2. The lowest BCUT2D eigenvalue weighted by atomic mass is 10.0. The van der Waals surface area contributed by atoms with E-state index in [-0.39, 0.29) is 23.3 Å². The molecule has 0 radical (unpaired) electrons. The highest BCUT2D eigenvalue weighted by Crippen LogP contribution is 2.30. The number of nitrogens with zero attached hydrogens (tertiary/aromatic N) is 2. The van der Waals surface area contributed by atoms with E-state index >= 15 is 0 Å². The Morgan fingerprint density at radius 2 is 1.72 bits per heavy atom. The van der Waals surface area contributed by atoms with Gasteiger partial charge in [0, 0.05) is 19.1 Å². The van der Waals surface area contributed by atoms with Gasteiger partial charge in [0.25, 0.3) is 5.91 Å². The molecule has 4 nitrogen and oxygen atoms in total. The highest BCUT2D eigenvalue weighted by atomic mass is 19.4. The van der Waals surface area contributed by atoms with E-state index < -0.39 is 12.2 Å². The first kappa shape index (κ1) is 22.6. The van der Waals surface area contributed by atoms with Crippen LogP contribution in [0.2, 0.25) is 0 Å². The number of alkyl halides is 3. The van der Waals surface area contributed by atoms with Gasteiger partial charge in [-0.15, -0.1) is 13.2 Å². The Kier molecular flexibility index (Phi) is 6.69. The molecule has 2 aliphatic heterocycles. The SMILES string of the molecule is O=C(c1ccc(-c2cccc(OC(F)(F)F)c2)cc1F)N1CCCC1CN1CCCCC1. The Morgan fingerprint density at radius 1 is 0.969 bits per heavy atom. The van der Waals surface area contributed by atoms with Crippen molar-refractivity contribution >= 4 is 5.91 Å². The van der Waals surface area contributed by atoms with Crippen LogP contribution in [-0.2, 0) is 0 Å². The van der Waals surface area contributed by atoms with Crippen molar-refractivity contribution in [3.8, 4) is 16.9 Å². The maximum Gasteiger partial charge on any atom is 0.573 e. The number of ether oxygens (including phenoxy) is 1. The Bertz CT molecular complexity index is 957. The van der Waals surface area contributed by atoms with Gasteiger partial charge in [0.15, 0.2) is 0 Å². The van der Waals surface area contributed by atoms with Crippen molar-refractivity contribution in [2.75, 3.05) is 26.2 Å². The van der Waals surface area contributed by atoms with E-state index in [1.165, 1.54) is 49.6 Å². The van der Waals surface area contributed by atoms with Crippen LogP contribution in [0.5, 0.6) is 5.75 Å². The van der Waals surface area contributed by atoms with Gasteiger partial charge in [0.2, 0.25) is 0 Å². The van der Waals surface area contributed by atoms with E-state index in [1.54, 1.807) is 17.0 Å². The number of carbonyl (C=O) groups is 1. The van der Waals surface area contributed by atoms with Gasteiger partial charge in [0.05, 0.1) is 5.56 Å². The number of halogens is 4. The van der Waals surface area contributed by atoms with Crippen molar-refractivity contribution in [3.05, 3.63) is 53.8 Å². The first-order valence-corrected chi connectivity index (χ1v) is 11.0. The van der Waals surface area contributed by atoms with Crippen molar-refractivity contribution < 1.29 is 27.1 Å². The normalized spacial score (nSPS) is 19.9. The van der Waals surface area contributed by atoms with Crippen LogP contribution in [0.4, 0.5) is 17.6 Å². The lowest BCUT2D eigenvalue weighted by molar-refractivity contribution is -0.274. The molecule has 2 aromatic carbocycles. The molecule has 2 heterocycles. The highest BCUT2D eigenvalue weighted by Gasteiger charge is 2.33. The molecule has 32 heavy (non-hydrogen) atoms. The number of piperidine rings is 1. The molecule has 0 spiro atoms. The number of benzene rings is 2. The third kappa shape index (κ3) is 5.41. The van der Waals surface area contributed by atoms with Gasteiger partial charge < -0.3 is 14.5 Å². The minimum atomic E-state index is -4.80. The molecule has 2 saturated heterocycles. The Morgan fingerprint density at radius 3 is 2.44 bits per heavy atom. The van der Waals surface area contributed by atoms with Crippen LogP contribution in [0.25, 0.3) is 11.1 Å². The highest BCUT2D eigenvalue weighted by molar-refractivity contribution is 5.95. The van der Waals surface area contributed by atoms with Crippen molar-refractivity contribution in [1.82, 2.24) is 9.80 Å². The summed E-state index contributed by atoms with van der Waals surface area (Å²) < 4.78 is 56.3. The summed E-state index contributed by atoms with van der Waals surface area (Å²) in [5, 5.41) is 0. The number of hydrogen-bond acceptors (Lipinski definition) is 3. The number of amides is 1. The minimum absolute atomic E-state index is 0.0120. The topological polar surface area (TPSA) is 32.8 Å². The number of rotatable bonds is 5. The van der Waals surface area contributed by atoms with E-state index in [4.69, 9.17) is 0 Å². The maximum absolute atomic E-state index is 14.9. The second-order valence-corrected chi connectivity index (χ2v) is 8.43. The molecule has 0 aliphatic carbocycles. The number of carbonyl (C=O) groups excluding carboxylic acids is 1. The molecule has 0 bridgehead atoms. The number of hydrogen-bond donors (Lipinski definition) is 0. The van der Waals surface area contributed by atoms with Gasteiger partial charge in [-0.1, -0.05) is 24.6 Å². The van der Waals surface area contributed by atoms with E-state index in [0.717, 1.165) is 32.5 Å². The second kappa shape index (κ2) is 9.48. The first-order chi connectivity index (χ1) is 15.3. The molecule has 2 aliphatic rings. The molecule has 0 saturated carbocycles.